The molecule has 7 nitrogen and oxygen atoms in total. The van der Waals surface area contributed by atoms with E-state index in [-0.39, 0.29) is 6.61 Å². The van der Waals surface area contributed by atoms with Crippen molar-refractivity contribution in [2.75, 3.05) is 20.8 Å². The van der Waals surface area contributed by atoms with Crippen molar-refractivity contribution in [3.8, 4) is 11.5 Å². The summed E-state index contributed by atoms with van der Waals surface area (Å²) in [5, 5.41) is 14.2. The number of carbonyl (C=O) groups is 1. The van der Waals surface area contributed by atoms with Gasteiger partial charge in [0.2, 0.25) is 0 Å². The van der Waals surface area contributed by atoms with E-state index in [0.29, 0.717) is 29.4 Å². The number of benzene rings is 4. The SMILES string of the molecule is CON=C(COc1ccc(COc2ccc(C(O)C(Sc3ccccc3)C(=O)OC)cc2)cc1)c1ccccc1. The lowest BCUT2D eigenvalue weighted by Gasteiger charge is -2.21. The van der Waals surface area contributed by atoms with Crippen molar-refractivity contribution >= 4 is 23.4 Å². The zero-order chi connectivity index (χ0) is 28.2. The van der Waals surface area contributed by atoms with Crippen molar-refractivity contribution in [3.05, 3.63) is 126 Å². The van der Waals surface area contributed by atoms with E-state index in [4.69, 9.17) is 19.0 Å². The van der Waals surface area contributed by atoms with Crippen LogP contribution in [0.5, 0.6) is 11.5 Å². The third-order valence-electron chi connectivity index (χ3n) is 5.96. The number of aliphatic hydroxyl groups excluding tert-OH is 1. The van der Waals surface area contributed by atoms with E-state index in [1.54, 1.807) is 24.3 Å². The van der Waals surface area contributed by atoms with Gasteiger partial charge in [-0.25, -0.2) is 0 Å². The zero-order valence-corrected chi connectivity index (χ0v) is 23.1. The van der Waals surface area contributed by atoms with Gasteiger partial charge in [0.15, 0.2) is 0 Å². The van der Waals surface area contributed by atoms with Gasteiger partial charge in [-0.2, -0.15) is 0 Å². The highest BCUT2D eigenvalue weighted by Gasteiger charge is 2.30. The Morgan fingerprint density at radius 3 is 2.02 bits per heavy atom. The number of ether oxygens (including phenoxy) is 3. The van der Waals surface area contributed by atoms with Crippen LogP contribution in [0.1, 0.15) is 22.8 Å². The fraction of sp³-hybridized carbons (Fsp3) is 0.188. The molecule has 0 bridgehead atoms. The Morgan fingerprint density at radius 2 is 1.40 bits per heavy atom. The van der Waals surface area contributed by atoms with Gasteiger partial charge in [-0.15, -0.1) is 11.8 Å². The third-order valence-corrected chi connectivity index (χ3v) is 7.21. The summed E-state index contributed by atoms with van der Waals surface area (Å²) < 4.78 is 16.8. The maximum atomic E-state index is 12.4. The van der Waals surface area contributed by atoms with E-state index in [9.17, 15) is 9.90 Å². The second kappa shape index (κ2) is 14.8. The van der Waals surface area contributed by atoms with Crippen LogP contribution >= 0.6 is 11.8 Å². The molecule has 0 aliphatic heterocycles. The molecule has 0 spiro atoms. The zero-order valence-electron chi connectivity index (χ0n) is 22.3. The molecule has 206 valence electrons. The maximum Gasteiger partial charge on any atom is 0.322 e. The van der Waals surface area contributed by atoms with Crippen LogP contribution in [0.3, 0.4) is 0 Å². The average Bonchev–Trinajstić information content (AvgIpc) is 3.02. The Morgan fingerprint density at radius 1 is 0.800 bits per heavy atom. The lowest BCUT2D eigenvalue weighted by atomic mass is 10.1. The first-order chi connectivity index (χ1) is 19.6. The van der Waals surface area contributed by atoms with E-state index in [2.05, 4.69) is 5.16 Å². The molecule has 0 radical (unpaired) electrons. The Balaban J connectivity index is 1.31. The van der Waals surface area contributed by atoms with Crippen molar-refractivity contribution in [2.24, 2.45) is 5.16 Å². The largest absolute Gasteiger partial charge is 0.489 e. The number of carbonyl (C=O) groups excluding carboxylic acids is 1. The summed E-state index contributed by atoms with van der Waals surface area (Å²) in [5.41, 5.74) is 3.19. The first-order valence-electron chi connectivity index (χ1n) is 12.6. The predicted molar refractivity (Wildman–Crippen MR) is 156 cm³/mol. The average molecular weight is 558 g/mol. The number of oxime groups is 1. The van der Waals surface area contributed by atoms with Crippen LogP contribution in [0.15, 0.2) is 119 Å². The van der Waals surface area contributed by atoms with Crippen LogP contribution in [-0.2, 0) is 21.0 Å². The number of hydrogen-bond acceptors (Lipinski definition) is 8. The van der Waals surface area contributed by atoms with Gasteiger partial charge in [0.25, 0.3) is 0 Å². The molecule has 0 saturated carbocycles. The molecule has 4 rings (SSSR count). The first-order valence-corrected chi connectivity index (χ1v) is 13.5. The molecule has 0 saturated heterocycles. The summed E-state index contributed by atoms with van der Waals surface area (Å²) in [6.45, 7) is 0.629. The van der Waals surface area contributed by atoms with Crippen molar-refractivity contribution in [1.82, 2.24) is 0 Å². The summed E-state index contributed by atoms with van der Waals surface area (Å²) in [6, 6.07) is 33.9. The maximum absolute atomic E-state index is 12.4. The minimum absolute atomic E-state index is 0.270. The van der Waals surface area contributed by atoms with E-state index in [1.807, 2.05) is 84.9 Å². The Bertz CT molecular complexity index is 1360. The number of hydrogen-bond donors (Lipinski definition) is 1. The molecule has 0 amide bonds. The fourth-order valence-electron chi connectivity index (χ4n) is 3.84. The number of esters is 1. The summed E-state index contributed by atoms with van der Waals surface area (Å²) in [4.78, 5) is 18.2. The quantitative estimate of drug-likeness (QED) is 0.0925. The summed E-state index contributed by atoms with van der Waals surface area (Å²) >= 11 is 1.26. The van der Waals surface area contributed by atoms with Crippen molar-refractivity contribution in [2.45, 2.75) is 22.9 Å². The molecule has 2 atom stereocenters. The van der Waals surface area contributed by atoms with Crippen LogP contribution in [-0.4, -0.2) is 42.9 Å². The van der Waals surface area contributed by atoms with E-state index in [0.717, 1.165) is 16.0 Å². The van der Waals surface area contributed by atoms with E-state index in [1.165, 1.54) is 26.0 Å². The number of aliphatic hydroxyl groups is 1. The Hall–Kier alpha value is -4.27. The number of thioether (sulfide) groups is 1. The van der Waals surface area contributed by atoms with Gasteiger partial charge < -0.3 is 24.2 Å². The minimum Gasteiger partial charge on any atom is -0.489 e. The smallest absolute Gasteiger partial charge is 0.322 e. The highest BCUT2D eigenvalue weighted by molar-refractivity contribution is 8.00. The normalized spacial score (nSPS) is 12.7. The van der Waals surface area contributed by atoms with Crippen LogP contribution in [0.25, 0.3) is 0 Å². The fourth-order valence-corrected chi connectivity index (χ4v) is 4.93. The van der Waals surface area contributed by atoms with Crippen LogP contribution < -0.4 is 9.47 Å². The van der Waals surface area contributed by atoms with Gasteiger partial charge in [-0.05, 0) is 47.5 Å². The summed E-state index contributed by atoms with van der Waals surface area (Å²) in [5.74, 6) is 0.858. The lowest BCUT2D eigenvalue weighted by molar-refractivity contribution is -0.142. The van der Waals surface area contributed by atoms with Crippen LogP contribution in [0, 0.1) is 0 Å². The highest BCUT2D eigenvalue weighted by Crippen LogP contribution is 2.33. The standard InChI is InChI=1S/C32H31NO6S/c1-36-32(35)31(40-28-11-7-4-8-12-28)30(34)25-15-19-27(20-16-25)38-21-23-13-17-26(18-14-23)39-22-29(33-37-2)24-9-5-3-6-10-24/h3-20,30-31,34H,21-22H2,1-2H3. The molecule has 0 aromatic heterocycles. The second-order valence-corrected chi connectivity index (χ2v) is 9.91. The van der Waals surface area contributed by atoms with Crippen molar-refractivity contribution in [1.29, 1.82) is 0 Å². The Kier molecular flexibility index (Phi) is 10.6. The molecule has 4 aromatic carbocycles. The molecule has 40 heavy (non-hydrogen) atoms. The molecule has 0 aliphatic carbocycles. The molecule has 1 N–H and O–H groups in total. The van der Waals surface area contributed by atoms with Crippen molar-refractivity contribution in [3.63, 3.8) is 0 Å². The molecule has 0 heterocycles. The summed E-state index contributed by atoms with van der Waals surface area (Å²) in [7, 11) is 2.83. The molecule has 8 heteroatoms. The van der Waals surface area contributed by atoms with Crippen molar-refractivity contribution < 1.29 is 28.9 Å². The van der Waals surface area contributed by atoms with Gasteiger partial charge in [-0.3, -0.25) is 4.79 Å². The molecule has 0 aliphatic rings. The third kappa shape index (κ3) is 8.11. The number of nitrogens with zero attached hydrogens (tertiary/aromatic N) is 1. The van der Waals surface area contributed by atoms with Crippen LogP contribution in [0.4, 0.5) is 0 Å². The molecule has 2 unspecified atom stereocenters. The van der Waals surface area contributed by atoms with Gasteiger partial charge in [0.05, 0.1) is 7.11 Å². The molecule has 0 fully saturated rings. The second-order valence-electron chi connectivity index (χ2n) is 8.70. The number of methoxy groups -OCH3 is 1. The number of rotatable bonds is 13. The van der Waals surface area contributed by atoms with Gasteiger partial charge >= 0.3 is 5.97 Å². The van der Waals surface area contributed by atoms with Crippen LogP contribution in [0.2, 0.25) is 0 Å². The lowest BCUT2D eigenvalue weighted by Crippen LogP contribution is -2.26. The summed E-state index contributed by atoms with van der Waals surface area (Å²) in [6.07, 6.45) is -1.05. The minimum atomic E-state index is -1.05. The molecule has 4 aromatic rings. The monoisotopic (exact) mass is 557 g/mol. The predicted octanol–water partition coefficient (Wildman–Crippen LogP) is 6.06. The molecular formula is C32H31NO6S. The molecular weight excluding hydrogens is 526 g/mol. The van der Waals surface area contributed by atoms with E-state index < -0.39 is 17.3 Å². The van der Waals surface area contributed by atoms with E-state index >= 15 is 0 Å². The highest BCUT2D eigenvalue weighted by atomic mass is 32.2. The van der Waals surface area contributed by atoms with Gasteiger partial charge in [0, 0.05) is 10.5 Å². The topological polar surface area (TPSA) is 86.6 Å². The first kappa shape index (κ1) is 28.7. The van der Waals surface area contributed by atoms with Gasteiger partial charge in [-0.1, -0.05) is 78.0 Å². The van der Waals surface area contributed by atoms with Gasteiger partial charge in [0.1, 0.15) is 48.9 Å². The Labute approximate surface area is 238 Å².